The molecule has 2 aromatic rings. The molecule has 2 N–H and O–H groups in total. The van der Waals surface area contributed by atoms with Crippen LogP contribution in [0.2, 0.25) is 0 Å². The van der Waals surface area contributed by atoms with Crippen LogP contribution in [0.1, 0.15) is 17.2 Å². The average molecular weight is 349 g/mol. The zero-order chi connectivity index (χ0) is 17.7. The maximum atomic E-state index is 12.6. The zero-order valence-corrected chi connectivity index (χ0v) is 14.2. The minimum Gasteiger partial charge on any atom is -0.467 e. The normalized spacial score (nSPS) is 14.0. The molecule has 0 fully saturated rings. The maximum absolute atomic E-state index is 12.6. The molecule has 0 heterocycles. The summed E-state index contributed by atoms with van der Waals surface area (Å²) in [6.45, 7) is 1.84. The SMILES string of the molecule is COC(=O)[C@@H](O)C(NS(=O)(=O)c1ccc(C)cc1)c1ccccc1. The quantitative estimate of drug-likeness (QED) is 0.772. The number of rotatable bonds is 6. The van der Waals surface area contributed by atoms with Crippen molar-refractivity contribution in [2.24, 2.45) is 0 Å². The molecule has 7 heteroatoms. The summed E-state index contributed by atoms with van der Waals surface area (Å²) < 4.78 is 32.0. The fourth-order valence-electron chi connectivity index (χ4n) is 2.18. The fraction of sp³-hybridized carbons (Fsp3) is 0.235. The molecule has 0 aliphatic heterocycles. The number of nitrogens with one attached hydrogen (secondary N) is 1. The molecule has 1 unspecified atom stereocenters. The lowest BCUT2D eigenvalue weighted by Gasteiger charge is -2.23. The standard InChI is InChI=1S/C17H19NO5S/c1-12-8-10-14(11-9-12)24(21,22)18-15(16(19)17(20)23-2)13-6-4-3-5-7-13/h3-11,15-16,18-19H,1-2H3/t15?,16-/m0/s1. The Hall–Kier alpha value is -2.22. The van der Waals surface area contributed by atoms with E-state index in [1.54, 1.807) is 42.5 Å². The molecule has 2 rings (SSSR count). The number of aryl methyl sites for hydroxylation is 1. The van der Waals surface area contributed by atoms with Crippen molar-refractivity contribution in [2.75, 3.05) is 7.11 Å². The van der Waals surface area contributed by atoms with Crippen molar-refractivity contribution < 1.29 is 23.1 Å². The van der Waals surface area contributed by atoms with Crippen LogP contribution in [0.3, 0.4) is 0 Å². The second kappa shape index (κ2) is 7.57. The number of benzene rings is 2. The zero-order valence-electron chi connectivity index (χ0n) is 13.3. The van der Waals surface area contributed by atoms with Crippen molar-refractivity contribution in [1.82, 2.24) is 4.72 Å². The van der Waals surface area contributed by atoms with Gasteiger partial charge in [0, 0.05) is 0 Å². The summed E-state index contributed by atoms with van der Waals surface area (Å²) in [5.41, 5.74) is 1.37. The molecule has 0 aliphatic carbocycles. The van der Waals surface area contributed by atoms with Crippen LogP contribution in [0.4, 0.5) is 0 Å². The predicted molar refractivity (Wildman–Crippen MR) is 88.7 cm³/mol. The first-order valence-electron chi connectivity index (χ1n) is 7.25. The van der Waals surface area contributed by atoms with E-state index < -0.39 is 28.1 Å². The highest BCUT2D eigenvalue weighted by molar-refractivity contribution is 7.89. The van der Waals surface area contributed by atoms with Crippen LogP contribution in [0.15, 0.2) is 59.5 Å². The van der Waals surface area contributed by atoms with Crippen molar-refractivity contribution in [3.63, 3.8) is 0 Å². The number of carbonyl (C=O) groups is 1. The van der Waals surface area contributed by atoms with Gasteiger partial charge in [0.15, 0.2) is 6.10 Å². The number of hydrogen-bond donors (Lipinski definition) is 2. The molecule has 0 saturated carbocycles. The molecule has 2 atom stereocenters. The fourth-order valence-corrected chi connectivity index (χ4v) is 3.41. The van der Waals surface area contributed by atoms with Gasteiger partial charge in [0.25, 0.3) is 0 Å². The van der Waals surface area contributed by atoms with Gasteiger partial charge in [0.05, 0.1) is 18.0 Å². The van der Waals surface area contributed by atoms with E-state index in [1.165, 1.54) is 12.1 Å². The van der Waals surface area contributed by atoms with E-state index in [4.69, 9.17) is 0 Å². The van der Waals surface area contributed by atoms with Crippen LogP contribution in [0.25, 0.3) is 0 Å². The lowest BCUT2D eigenvalue weighted by molar-refractivity contribution is -0.151. The molecule has 0 aliphatic rings. The van der Waals surface area contributed by atoms with Gasteiger partial charge in [-0.1, -0.05) is 48.0 Å². The van der Waals surface area contributed by atoms with Crippen LogP contribution in [0.5, 0.6) is 0 Å². The summed E-state index contributed by atoms with van der Waals surface area (Å²) in [6, 6.07) is 13.5. The van der Waals surface area contributed by atoms with Crippen molar-refractivity contribution in [1.29, 1.82) is 0 Å². The van der Waals surface area contributed by atoms with Crippen LogP contribution < -0.4 is 4.72 Å². The summed E-state index contributed by atoms with van der Waals surface area (Å²) in [4.78, 5) is 11.7. The highest BCUT2D eigenvalue weighted by atomic mass is 32.2. The predicted octanol–water partition coefficient (Wildman–Crippen LogP) is 1.55. The molecule has 0 bridgehead atoms. The Kier molecular flexibility index (Phi) is 5.71. The Labute approximate surface area is 141 Å². The highest BCUT2D eigenvalue weighted by Gasteiger charge is 2.32. The third-order valence-electron chi connectivity index (χ3n) is 3.53. The van der Waals surface area contributed by atoms with Gasteiger partial charge in [-0.3, -0.25) is 0 Å². The molecule has 0 saturated heterocycles. The van der Waals surface area contributed by atoms with Crippen LogP contribution in [0, 0.1) is 6.92 Å². The summed E-state index contributed by atoms with van der Waals surface area (Å²) in [5, 5.41) is 10.2. The van der Waals surface area contributed by atoms with Crippen molar-refractivity contribution in [2.45, 2.75) is 24.0 Å². The molecular weight excluding hydrogens is 330 g/mol. The summed E-state index contributed by atoms with van der Waals surface area (Å²) in [5.74, 6) is -0.921. The molecule has 0 aromatic heterocycles. The van der Waals surface area contributed by atoms with Gasteiger partial charge in [0.2, 0.25) is 10.0 Å². The Morgan fingerprint density at radius 2 is 1.67 bits per heavy atom. The van der Waals surface area contributed by atoms with E-state index in [2.05, 4.69) is 9.46 Å². The van der Waals surface area contributed by atoms with E-state index in [9.17, 15) is 18.3 Å². The summed E-state index contributed by atoms with van der Waals surface area (Å²) in [7, 11) is -2.80. The van der Waals surface area contributed by atoms with E-state index in [1.807, 2.05) is 6.92 Å². The molecule has 2 aromatic carbocycles. The van der Waals surface area contributed by atoms with Gasteiger partial charge in [-0.05, 0) is 24.6 Å². The number of esters is 1. The van der Waals surface area contributed by atoms with E-state index in [-0.39, 0.29) is 4.90 Å². The number of aliphatic hydroxyl groups excluding tert-OH is 1. The smallest absolute Gasteiger partial charge is 0.336 e. The lowest BCUT2D eigenvalue weighted by atomic mass is 10.0. The molecule has 24 heavy (non-hydrogen) atoms. The average Bonchev–Trinajstić information content (AvgIpc) is 2.59. The first-order valence-corrected chi connectivity index (χ1v) is 8.73. The second-order valence-corrected chi connectivity index (χ2v) is 7.00. The number of carbonyl (C=O) groups excluding carboxylic acids is 1. The number of methoxy groups -OCH3 is 1. The summed E-state index contributed by atoms with van der Waals surface area (Å²) in [6.07, 6.45) is -1.67. The van der Waals surface area contributed by atoms with E-state index in [0.29, 0.717) is 5.56 Å². The molecule has 6 nitrogen and oxygen atoms in total. The van der Waals surface area contributed by atoms with Gasteiger partial charge < -0.3 is 9.84 Å². The highest BCUT2D eigenvalue weighted by Crippen LogP contribution is 2.21. The van der Waals surface area contributed by atoms with Crippen molar-refractivity contribution >= 4 is 16.0 Å². The molecule has 0 amide bonds. The molecule has 128 valence electrons. The molecule has 0 spiro atoms. The Morgan fingerprint density at radius 1 is 1.08 bits per heavy atom. The third-order valence-corrected chi connectivity index (χ3v) is 4.99. The number of aliphatic hydroxyl groups is 1. The van der Waals surface area contributed by atoms with Crippen molar-refractivity contribution in [3.8, 4) is 0 Å². The van der Waals surface area contributed by atoms with Crippen LogP contribution in [-0.4, -0.2) is 32.7 Å². The largest absolute Gasteiger partial charge is 0.467 e. The molecule has 0 radical (unpaired) electrons. The van der Waals surface area contributed by atoms with Crippen LogP contribution in [-0.2, 0) is 19.6 Å². The molecular formula is C17H19NO5S. The first-order chi connectivity index (χ1) is 11.3. The topological polar surface area (TPSA) is 92.7 Å². The van der Waals surface area contributed by atoms with Crippen molar-refractivity contribution in [3.05, 3.63) is 65.7 Å². The summed E-state index contributed by atoms with van der Waals surface area (Å²) >= 11 is 0. The van der Waals surface area contributed by atoms with Gasteiger partial charge in [-0.25, -0.2) is 17.9 Å². The van der Waals surface area contributed by atoms with Gasteiger partial charge in [-0.2, -0.15) is 0 Å². The maximum Gasteiger partial charge on any atom is 0.336 e. The van der Waals surface area contributed by atoms with E-state index >= 15 is 0 Å². The Morgan fingerprint density at radius 3 is 2.21 bits per heavy atom. The number of ether oxygens (including phenoxy) is 1. The monoisotopic (exact) mass is 349 g/mol. The Balaban J connectivity index is 2.37. The second-order valence-electron chi connectivity index (χ2n) is 5.29. The van der Waals surface area contributed by atoms with Crippen LogP contribution >= 0.6 is 0 Å². The third kappa shape index (κ3) is 4.19. The lowest BCUT2D eigenvalue weighted by Crippen LogP contribution is -2.40. The minimum atomic E-state index is -3.93. The first kappa shape index (κ1) is 18.1. The Bertz CT molecular complexity index is 787. The van der Waals surface area contributed by atoms with Gasteiger partial charge in [-0.15, -0.1) is 0 Å². The van der Waals surface area contributed by atoms with Gasteiger partial charge >= 0.3 is 5.97 Å². The minimum absolute atomic E-state index is 0.0473. The number of sulfonamides is 1. The van der Waals surface area contributed by atoms with Gasteiger partial charge in [0.1, 0.15) is 0 Å². The van der Waals surface area contributed by atoms with E-state index in [0.717, 1.165) is 12.7 Å². The number of hydrogen-bond acceptors (Lipinski definition) is 5.